The number of amides is 1. The van der Waals surface area contributed by atoms with E-state index in [0.29, 0.717) is 21.2 Å². The van der Waals surface area contributed by atoms with Crippen molar-refractivity contribution in [2.24, 2.45) is 0 Å². The highest BCUT2D eigenvalue weighted by atomic mass is 79.9. The van der Waals surface area contributed by atoms with Crippen molar-refractivity contribution in [1.29, 1.82) is 0 Å². The van der Waals surface area contributed by atoms with Crippen LogP contribution in [0.3, 0.4) is 0 Å². The Bertz CT molecular complexity index is 671. The van der Waals surface area contributed by atoms with Crippen molar-refractivity contribution in [2.45, 2.75) is 16.7 Å². The number of halogens is 1. The summed E-state index contributed by atoms with van der Waals surface area (Å²) in [7, 11) is -1.32. The summed E-state index contributed by atoms with van der Waals surface area (Å²) in [6.07, 6.45) is 0. The molecular weight excluding hydrogens is 340 g/mol. The third-order valence-corrected chi connectivity index (χ3v) is 4.49. The number of benzene rings is 2. The van der Waals surface area contributed by atoms with Gasteiger partial charge in [-0.05, 0) is 42.5 Å². The van der Waals surface area contributed by atoms with Gasteiger partial charge in [0.2, 0.25) is 5.91 Å². The maximum Gasteiger partial charge on any atom is 0.221 e. The molecule has 1 atom stereocenters. The molecule has 4 nitrogen and oxygen atoms in total. The van der Waals surface area contributed by atoms with Crippen LogP contribution in [0.4, 0.5) is 11.4 Å². The molecule has 0 aliphatic rings. The third kappa shape index (κ3) is 3.46. The van der Waals surface area contributed by atoms with Crippen LogP contribution in [0.2, 0.25) is 0 Å². The van der Waals surface area contributed by atoms with E-state index in [1.807, 2.05) is 12.1 Å². The summed E-state index contributed by atoms with van der Waals surface area (Å²) in [5.74, 6) is -0.219. The predicted octanol–water partition coefficient (Wildman–Crippen LogP) is 3.16. The zero-order valence-electron chi connectivity index (χ0n) is 10.7. The Kier molecular flexibility index (Phi) is 4.57. The predicted molar refractivity (Wildman–Crippen MR) is 84.0 cm³/mol. The van der Waals surface area contributed by atoms with E-state index in [0.717, 1.165) is 4.47 Å². The molecule has 0 fully saturated rings. The Labute approximate surface area is 128 Å². The molecule has 0 heterocycles. The van der Waals surface area contributed by atoms with Crippen LogP contribution >= 0.6 is 15.9 Å². The number of nitrogens with two attached hydrogens (primary N) is 1. The van der Waals surface area contributed by atoms with Crippen LogP contribution in [0.5, 0.6) is 0 Å². The fourth-order valence-corrected chi connectivity index (χ4v) is 2.98. The Morgan fingerprint density at radius 1 is 1.15 bits per heavy atom. The van der Waals surface area contributed by atoms with E-state index in [2.05, 4.69) is 21.2 Å². The van der Waals surface area contributed by atoms with E-state index in [4.69, 9.17) is 5.73 Å². The van der Waals surface area contributed by atoms with Gasteiger partial charge in [-0.3, -0.25) is 4.79 Å². The summed E-state index contributed by atoms with van der Waals surface area (Å²) in [5, 5.41) is 2.62. The molecule has 0 aromatic heterocycles. The molecule has 2 aromatic rings. The molecule has 3 N–H and O–H groups in total. The van der Waals surface area contributed by atoms with Gasteiger partial charge in [0, 0.05) is 21.2 Å². The highest BCUT2D eigenvalue weighted by Gasteiger charge is 2.10. The summed E-state index contributed by atoms with van der Waals surface area (Å²) in [4.78, 5) is 12.4. The Morgan fingerprint density at radius 3 is 2.35 bits per heavy atom. The molecule has 0 aliphatic heterocycles. The maximum atomic E-state index is 12.4. The quantitative estimate of drug-likeness (QED) is 0.833. The van der Waals surface area contributed by atoms with Crippen molar-refractivity contribution in [3.8, 4) is 0 Å². The highest BCUT2D eigenvalue weighted by Crippen LogP contribution is 2.25. The van der Waals surface area contributed by atoms with Crippen molar-refractivity contribution in [3.05, 3.63) is 46.9 Å². The summed E-state index contributed by atoms with van der Waals surface area (Å²) in [6, 6.07) is 12.2. The average Bonchev–Trinajstić information content (AvgIpc) is 2.41. The average molecular weight is 353 g/mol. The second-order valence-electron chi connectivity index (χ2n) is 4.15. The maximum absolute atomic E-state index is 12.4. The topological polar surface area (TPSA) is 72.2 Å². The van der Waals surface area contributed by atoms with Crippen LogP contribution in [-0.2, 0) is 15.6 Å². The molecule has 2 aromatic carbocycles. The van der Waals surface area contributed by atoms with Gasteiger partial charge in [0.05, 0.1) is 22.2 Å². The molecule has 0 bridgehead atoms. The van der Waals surface area contributed by atoms with Gasteiger partial charge >= 0.3 is 0 Å². The first-order chi connectivity index (χ1) is 9.47. The Hall–Kier alpha value is -1.66. The summed E-state index contributed by atoms with van der Waals surface area (Å²) < 4.78 is 13.4. The minimum Gasteiger partial charge on any atom is -0.397 e. The number of nitrogens with one attached hydrogen (secondary N) is 1. The van der Waals surface area contributed by atoms with Gasteiger partial charge in [-0.15, -0.1) is 0 Å². The van der Waals surface area contributed by atoms with Gasteiger partial charge in [-0.2, -0.15) is 0 Å². The molecule has 6 heteroatoms. The number of rotatable bonds is 3. The number of carbonyl (C=O) groups excluding carboxylic acids is 1. The largest absolute Gasteiger partial charge is 0.397 e. The lowest BCUT2D eigenvalue weighted by Crippen LogP contribution is -2.08. The van der Waals surface area contributed by atoms with Crippen molar-refractivity contribution in [2.75, 3.05) is 11.1 Å². The van der Waals surface area contributed by atoms with Crippen molar-refractivity contribution in [1.82, 2.24) is 0 Å². The molecule has 0 saturated carbocycles. The van der Waals surface area contributed by atoms with Crippen LogP contribution in [-0.4, -0.2) is 10.1 Å². The van der Waals surface area contributed by atoms with E-state index in [1.54, 1.807) is 30.3 Å². The van der Waals surface area contributed by atoms with Crippen LogP contribution in [0.25, 0.3) is 0 Å². The van der Waals surface area contributed by atoms with Crippen molar-refractivity contribution < 1.29 is 9.00 Å². The lowest BCUT2D eigenvalue weighted by Gasteiger charge is -2.09. The first-order valence-corrected chi connectivity index (χ1v) is 7.76. The number of anilines is 2. The smallest absolute Gasteiger partial charge is 0.221 e. The molecular formula is C14H13BrN2O2S. The van der Waals surface area contributed by atoms with Crippen LogP contribution in [0.1, 0.15) is 6.92 Å². The fraction of sp³-hybridized carbons (Fsp3) is 0.0714. The monoisotopic (exact) mass is 352 g/mol. The van der Waals surface area contributed by atoms with Gasteiger partial charge in [0.25, 0.3) is 0 Å². The van der Waals surface area contributed by atoms with Gasteiger partial charge in [0.1, 0.15) is 0 Å². The Morgan fingerprint density at radius 2 is 1.75 bits per heavy atom. The zero-order valence-corrected chi connectivity index (χ0v) is 13.1. The standard InChI is InChI=1S/C14H13BrN2O2S/c1-9(18)17-14-8-12(6-7-13(14)16)20(19)11-4-2-10(15)3-5-11/h2-8H,16H2,1H3,(H,17,18). The molecule has 0 spiro atoms. The minimum atomic E-state index is -1.32. The Balaban J connectivity index is 2.35. The van der Waals surface area contributed by atoms with E-state index >= 15 is 0 Å². The molecule has 104 valence electrons. The van der Waals surface area contributed by atoms with Crippen molar-refractivity contribution in [3.63, 3.8) is 0 Å². The van der Waals surface area contributed by atoms with Crippen LogP contribution < -0.4 is 11.1 Å². The first-order valence-electron chi connectivity index (χ1n) is 5.82. The molecule has 1 unspecified atom stereocenters. The van der Waals surface area contributed by atoms with Crippen molar-refractivity contribution >= 4 is 44.0 Å². The summed E-state index contributed by atoms with van der Waals surface area (Å²) in [5.41, 5.74) is 6.69. The molecule has 0 saturated heterocycles. The molecule has 0 radical (unpaired) electrons. The highest BCUT2D eigenvalue weighted by molar-refractivity contribution is 9.10. The third-order valence-electron chi connectivity index (χ3n) is 2.58. The van der Waals surface area contributed by atoms with Gasteiger partial charge in [0.15, 0.2) is 0 Å². The van der Waals surface area contributed by atoms with E-state index in [-0.39, 0.29) is 5.91 Å². The zero-order chi connectivity index (χ0) is 14.7. The number of carbonyl (C=O) groups is 1. The normalized spacial score (nSPS) is 11.9. The first kappa shape index (κ1) is 14.7. The SMILES string of the molecule is CC(=O)Nc1cc(S(=O)c2ccc(Br)cc2)ccc1N. The summed E-state index contributed by atoms with van der Waals surface area (Å²) in [6.45, 7) is 1.40. The lowest BCUT2D eigenvalue weighted by molar-refractivity contribution is -0.114. The molecule has 20 heavy (non-hydrogen) atoms. The second-order valence-corrected chi connectivity index (χ2v) is 6.55. The minimum absolute atomic E-state index is 0.219. The van der Waals surface area contributed by atoms with E-state index in [1.165, 1.54) is 6.92 Å². The van der Waals surface area contributed by atoms with Crippen LogP contribution in [0, 0.1) is 0 Å². The molecule has 2 rings (SSSR count). The van der Waals surface area contributed by atoms with Gasteiger partial charge < -0.3 is 11.1 Å². The second kappa shape index (κ2) is 6.19. The van der Waals surface area contributed by atoms with Gasteiger partial charge in [-0.1, -0.05) is 15.9 Å². The van der Waals surface area contributed by atoms with Crippen LogP contribution in [0.15, 0.2) is 56.7 Å². The number of nitrogen functional groups attached to an aromatic ring is 1. The number of hydrogen-bond acceptors (Lipinski definition) is 3. The van der Waals surface area contributed by atoms with E-state index in [9.17, 15) is 9.00 Å². The number of hydrogen-bond donors (Lipinski definition) is 2. The molecule has 1 amide bonds. The fourth-order valence-electron chi connectivity index (χ4n) is 1.64. The molecule has 0 aliphatic carbocycles. The lowest BCUT2D eigenvalue weighted by atomic mass is 10.2. The van der Waals surface area contributed by atoms with E-state index < -0.39 is 10.8 Å². The van der Waals surface area contributed by atoms with Gasteiger partial charge in [-0.25, -0.2) is 4.21 Å². The summed E-state index contributed by atoms with van der Waals surface area (Å²) >= 11 is 3.34.